The van der Waals surface area contributed by atoms with E-state index in [1.165, 1.54) is 44.5 Å². The predicted molar refractivity (Wildman–Crippen MR) is 82.6 cm³/mol. The first-order valence-corrected chi connectivity index (χ1v) is 7.79. The zero-order chi connectivity index (χ0) is 13.6. The number of rotatable bonds is 9. The van der Waals surface area contributed by atoms with Crippen molar-refractivity contribution in [1.29, 1.82) is 0 Å². The summed E-state index contributed by atoms with van der Waals surface area (Å²) in [5, 5.41) is 3.66. The molecule has 0 saturated heterocycles. The van der Waals surface area contributed by atoms with Crippen LogP contribution in [0, 0.1) is 0 Å². The molecule has 0 bridgehead atoms. The van der Waals surface area contributed by atoms with Crippen LogP contribution in [0.15, 0.2) is 30.3 Å². The van der Waals surface area contributed by atoms with Gasteiger partial charge in [-0.1, -0.05) is 44.2 Å². The van der Waals surface area contributed by atoms with Gasteiger partial charge in [0.2, 0.25) is 0 Å². The second kappa shape index (κ2) is 7.06. The minimum atomic E-state index is 0.455. The Balaban J connectivity index is 1.66. The van der Waals surface area contributed by atoms with Gasteiger partial charge in [-0.2, -0.15) is 0 Å². The standard InChI is InChI=1S/C17H28N2/c1-3-19(4-2)14-8-13-18-15-17(11-12-17)16-9-6-5-7-10-16/h5-7,9-10,18H,3-4,8,11-15H2,1-2H3. The summed E-state index contributed by atoms with van der Waals surface area (Å²) in [6.07, 6.45) is 3.95. The van der Waals surface area contributed by atoms with Gasteiger partial charge >= 0.3 is 0 Å². The second-order valence-corrected chi connectivity index (χ2v) is 5.70. The van der Waals surface area contributed by atoms with Crippen LogP contribution in [0.25, 0.3) is 0 Å². The van der Waals surface area contributed by atoms with Crippen molar-refractivity contribution in [2.45, 2.75) is 38.5 Å². The fourth-order valence-corrected chi connectivity index (χ4v) is 2.81. The minimum Gasteiger partial charge on any atom is -0.316 e. The molecule has 2 rings (SSSR count). The fourth-order valence-electron chi connectivity index (χ4n) is 2.81. The molecule has 1 saturated carbocycles. The summed E-state index contributed by atoms with van der Waals surface area (Å²) >= 11 is 0. The SMILES string of the molecule is CCN(CC)CCCNCC1(c2ccccc2)CC1. The lowest BCUT2D eigenvalue weighted by Gasteiger charge is -2.19. The van der Waals surface area contributed by atoms with E-state index in [4.69, 9.17) is 0 Å². The number of nitrogens with one attached hydrogen (secondary N) is 1. The van der Waals surface area contributed by atoms with Crippen molar-refractivity contribution in [3.63, 3.8) is 0 Å². The molecule has 0 aliphatic heterocycles. The highest BCUT2D eigenvalue weighted by Gasteiger charge is 2.43. The lowest BCUT2D eigenvalue weighted by atomic mass is 9.96. The molecule has 0 aromatic heterocycles. The van der Waals surface area contributed by atoms with Crippen molar-refractivity contribution >= 4 is 0 Å². The third-order valence-electron chi connectivity index (χ3n) is 4.43. The van der Waals surface area contributed by atoms with Crippen molar-refractivity contribution in [1.82, 2.24) is 10.2 Å². The molecule has 0 unspecified atom stereocenters. The monoisotopic (exact) mass is 260 g/mol. The van der Waals surface area contributed by atoms with Gasteiger partial charge in [0.1, 0.15) is 0 Å². The summed E-state index contributed by atoms with van der Waals surface area (Å²) < 4.78 is 0. The van der Waals surface area contributed by atoms with Crippen molar-refractivity contribution < 1.29 is 0 Å². The van der Waals surface area contributed by atoms with E-state index in [9.17, 15) is 0 Å². The summed E-state index contributed by atoms with van der Waals surface area (Å²) in [5.41, 5.74) is 1.97. The van der Waals surface area contributed by atoms with Crippen molar-refractivity contribution in [2.75, 3.05) is 32.7 Å². The molecule has 0 spiro atoms. The number of benzene rings is 1. The summed E-state index contributed by atoms with van der Waals surface area (Å²) in [6.45, 7) is 10.3. The highest BCUT2D eigenvalue weighted by molar-refractivity contribution is 5.31. The molecule has 106 valence electrons. The van der Waals surface area contributed by atoms with Crippen LogP contribution < -0.4 is 5.32 Å². The van der Waals surface area contributed by atoms with Gasteiger partial charge in [0.05, 0.1) is 0 Å². The van der Waals surface area contributed by atoms with Crippen molar-refractivity contribution in [3.8, 4) is 0 Å². The summed E-state index contributed by atoms with van der Waals surface area (Å²) in [7, 11) is 0. The molecule has 0 radical (unpaired) electrons. The van der Waals surface area contributed by atoms with Gasteiger partial charge in [0.25, 0.3) is 0 Å². The van der Waals surface area contributed by atoms with Crippen LogP contribution in [0.5, 0.6) is 0 Å². The minimum absolute atomic E-state index is 0.455. The van der Waals surface area contributed by atoms with Crippen LogP contribution >= 0.6 is 0 Å². The maximum absolute atomic E-state index is 3.66. The van der Waals surface area contributed by atoms with Gasteiger partial charge < -0.3 is 10.2 Å². The van der Waals surface area contributed by atoms with Gasteiger partial charge in [0, 0.05) is 12.0 Å². The quantitative estimate of drug-likeness (QED) is 0.687. The van der Waals surface area contributed by atoms with Crippen LogP contribution in [0.4, 0.5) is 0 Å². The molecule has 19 heavy (non-hydrogen) atoms. The van der Waals surface area contributed by atoms with E-state index in [-0.39, 0.29) is 0 Å². The average molecular weight is 260 g/mol. The number of hydrogen-bond acceptors (Lipinski definition) is 2. The third kappa shape index (κ3) is 4.05. The Hall–Kier alpha value is -0.860. The second-order valence-electron chi connectivity index (χ2n) is 5.70. The Bertz CT molecular complexity index is 353. The summed E-state index contributed by atoms with van der Waals surface area (Å²) in [5.74, 6) is 0. The summed E-state index contributed by atoms with van der Waals surface area (Å²) in [4.78, 5) is 2.49. The van der Waals surface area contributed by atoms with Crippen molar-refractivity contribution in [3.05, 3.63) is 35.9 Å². The first-order valence-electron chi connectivity index (χ1n) is 7.79. The molecule has 2 heteroatoms. The van der Waals surface area contributed by atoms with Gasteiger partial charge in [-0.05, 0) is 51.0 Å². The van der Waals surface area contributed by atoms with E-state index in [0.717, 1.165) is 13.1 Å². The van der Waals surface area contributed by atoms with E-state index in [2.05, 4.69) is 54.4 Å². The smallest absolute Gasteiger partial charge is 0.00784 e. The van der Waals surface area contributed by atoms with E-state index in [0.29, 0.717) is 5.41 Å². The Morgan fingerprint density at radius 3 is 2.37 bits per heavy atom. The van der Waals surface area contributed by atoms with Gasteiger partial charge in [-0.15, -0.1) is 0 Å². The van der Waals surface area contributed by atoms with Crippen LogP contribution in [0.2, 0.25) is 0 Å². The Morgan fingerprint density at radius 2 is 1.79 bits per heavy atom. The zero-order valence-corrected chi connectivity index (χ0v) is 12.5. The molecule has 1 aliphatic carbocycles. The molecule has 1 aromatic carbocycles. The number of nitrogens with zero attached hydrogens (tertiary/aromatic N) is 1. The normalized spacial score (nSPS) is 16.8. The molecule has 0 heterocycles. The lowest BCUT2D eigenvalue weighted by molar-refractivity contribution is 0.297. The average Bonchev–Trinajstić information content (AvgIpc) is 3.25. The molecule has 1 aliphatic rings. The van der Waals surface area contributed by atoms with E-state index >= 15 is 0 Å². The molecule has 1 aromatic rings. The van der Waals surface area contributed by atoms with E-state index < -0.39 is 0 Å². The Labute approximate surface area is 118 Å². The van der Waals surface area contributed by atoms with Crippen LogP contribution in [0.3, 0.4) is 0 Å². The van der Waals surface area contributed by atoms with Gasteiger partial charge in [0.15, 0.2) is 0 Å². The van der Waals surface area contributed by atoms with Gasteiger partial charge in [-0.3, -0.25) is 0 Å². The predicted octanol–water partition coefficient (Wildman–Crippen LogP) is 3.04. The first-order chi connectivity index (χ1) is 9.30. The van der Waals surface area contributed by atoms with Crippen molar-refractivity contribution in [2.24, 2.45) is 0 Å². The molecule has 1 N–H and O–H groups in total. The maximum Gasteiger partial charge on any atom is 0.00784 e. The lowest BCUT2D eigenvalue weighted by Crippen LogP contribution is -2.31. The molecular formula is C17H28N2. The fraction of sp³-hybridized carbons (Fsp3) is 0.647. The summed E-state index contributed by atoms with van der Waals surface area (Å²) in [6, 6.07) is 11.0. The topological polar surface area (TPSA) is 15.3 Å². The largest absolute Gasteiger partial charge is 0.316 e. The molecular weight excluding hydrogens is 232 g/mol. The Kier molecular flexibility index (Phi) is 5.41. The van der Waals surface area contributed by atoms with Crippen LogP contribution in [-0.4, -0.2) is 37.6 Å². The highest BCUT2D eigenvalue weighted by atomic mass is 15.1. The third-order valence-corrected chi connectivity index (χ3v) is 4.43. The maximum atomic E-state index is 3.66. The van der Waals surface area contributed by atoms with E-state index in [1.54, 1.807) is 0 Å². The highest BCUT2D eigenvalue weighted by Crippen LogP contribution is 2.47. The zero-order valence-electron chi connectivity index (χ0n) is 12.5. The van der Waals surface area contributed by atoms with E-state index in [1.807, 2.05) is 0 Å². The molecule has 0 atom stereocenters. The number of hydrogen-bond donors (Lipinski definition) is 1. The molecule has 1 fully saturated rings. The van der Waals surface area contributed by atoms with Crippen LogP contribution in [-0.2, 0) is 5.41 Å². The molecule has 0 amide bonds. The van der Waals surface area contributed by atoms with Gasteiger partial charge in [-0.25, -0.2) is 0 Å². The van der Waals surface area contributed by atoms with Crippen LogP contribution in [0.1, 0.15) is 38.7 Å². The Morgan fingerprint density at radius 1 is 1.11 bits per heavy atom. The first kappa shape index (κ1) is 14.5. The molecule has 2 nitrogen and oxygen atoms in total.